The van der Waals surface area contributed by atoms with E-state index in [-0.39, 0.29) is 24.7 Å². The molecule has 6 nitrogen and oxygen atoms in total. The molecule has 0 aliphatic heterocycles. The van der Waals surface area contributed by atoms with E-state index in [1.54, 1.807) is 11.6 Å². The molecule has 0 fully saturated rings. The Balaban J connectivity index is 0.00000380. The third kappa shape index (κ3) is 5.36. The fourth-order valence-corrected chi connectivity index (χ4v) is 5.01. The highest BCUT2D eigenvalue weighted by atomic mass is 35.5. The summed E-state index contributed by atoms with van der Waals surface area (Å²) in [7, 11) is 1.76. The van der Waals surface area contributed by atoms with Gasteiger partial charge in [0.25, 0.3) is 0 Å². The van der Waals surface area contributed by atoms with Crippen LogP contribution in [0.3, 0.4) is 0 Å². The number of aromatic carboxylic acids is 1. The lowest BCUT2D eigenvalue weighted by Crippen LogP contribution is -2.15. The van der Waals surface area contributed by atoms with E-state index in [4.69, 9.17) is 15.5 Å². The largest absolute Gasteiger partial charge is 0.486 e. The molecule has 0 bridgehead atoms. The summed E-state index contributed by atoms with van der Waals surface area (Å²) in [6.45, 7) is 10.9. The highest BCUT2D eigenvalue weighted by Gasteiger charge is 2.25. The van der Waals surface area contributed by atoms with Gasteiger partial charge in [-0.05, 0) is 61.4 Å². The molecular weight excluding hydrogens is 486 g/mol. The van der Waals surface area contributed by atoms with E-state index in [1.807, 2.05) is 32.0 Å². The number of aromatic nitrogens is 2. The van der Waals surface area contributed by atoms with Crippen molar-refractivity contribution in [2.24, 2.45) is 18.7 Å². The monoisotopic (exact) mass is 521 g/mol. The van der Waals surface area contributed by atoms with Crippen LogP contribution in [0.2, 0.25) is 0 Å². The van der Waals surface area contributed by atoms with Crippen LogP contribution >= 0.6 is 12.4 Å². The molecule has 196 valence electrons. The lowest BCUT2D eigenvalue weighted by Gasteiger charge is -2.21. The first-order valence-electron chi connectivity index (χ1n) is 12.4. The Hall–Kier alpha value is -3.35. The van der Waals surface area contributed by atoms with Gasteiger partial charge < -0.3 is 20.1 Å². The number of ether oxygens (including phenoxy) is 1. The summed E-state index contributed by atoms with van der Waals surface area (Å²) in [6.07, 6.45) is 0.832. The number of carbonyl (C=O) groups is 1. The first kappa shape index (κ1) is 28.2. The third-order valence-electron chi connectivity index (χ3n) is 6.79. The molecule has 7 heteroatoms. The topological polar surface area (TPSA) is 90.4 Å². The first-order chi connectivity index (χ1) is 17.1. The van der Waals surface area contributed by atoms with Crippen molar-refractivity contribution in [3.8, 4) is 16.9 Å². The van der Waals surface area contributed by atoms with Gasteiger partial charge in [-0.2, -0.15) is 0 Å². The van der Waals surface area contributed by atoms with Crippen molar-refractivity contribution < 1.29 is 14.6 Å². The summed E-state index contributed by atoms with van der Waals surface area (Å²) in [5, 5.41) is 10.8. The maximum atomic E-state index is 12.2. The highest BCUT2D eigenvalue weighted by Crippen LogP contribution is 2.38. The number of hydrogen-bond donors (Lipinski definition) is 2. The number of halogens is 1. The van der Waals surface area contributed by atoms with Gasteiger partial charge in [0.15, 0.2) is 11.4 Å². The highest BCUT2D eigenvalue weighted by molar-refractivity contribution is 6.02. The van der Waals surface area contributed by atoms with Gasteiger partial charge in [0, 0.05) is 35.9 Å². The van der Waals surface area contributed by atoms with E-state index < -0.39 is 5.97 Å². The standard InChI is InChI=1S/C30H35N3O3.ClH/c1-17(2)14-24-22(15-31)27(21-12-10-18(3)11-13-21)23(20(5)32-24)16-36-29-26-19(4)8-7-9-25(26)33(6)28(29)30(34)35;/h7-13,17H,14-16,31H2,1-6H3,(H,34,35);1H. The van der Waals surface area contributed by atoms with E-state index in [9.17, 15) is 9.90 Å². The second-order valence-electron chi connectivity index (χ2n) is 9.94. The van der Waals surface area contributed by atoms with Crippen LogP contribution in [-0.4, -0.2) is 20.6 Å². The summed E-state index contributed by atoms with van der Waals surface area (Å²) < 4.78 is 8.09. The number of nitrogens with two attached hydrogens (primary N) is 1. The van der Waals surface area contributed by atoms with Crippen LogP contribution < -0.4 is 10.5 Å². The Morgan fingerprint density at radius 2 is 1.76 bits per heavy atom. The number of rotatable bonds is 8. The molecule has 2 aromatic carbocycles. The zero-order valence-electron chi connectivity index (χ0n) is 22.4. The van der Waals surface area contributed by atoms with E-state index >= 15 is 0 Å². The van der Waals surface area contributed by atoms with Crippen LogP contribution in [0.4, 0.5) is 0 Å². The molecule has 0 saturated carbocycles. The van der Waals surface area contributed by atoms with Crippen molar-refractivity contribution in [1.29, 1.82) is 0 Å². The zero-order valence-corrected chi connectivity index (χ0v) is 23.2. The quantitative estimate of drug-likeness (QED) is 0.275. The average molecular weight is 522 g/mol. The fourth-order valence-electron chi connectivity index (χ4n) is 5.01. The third-order valence-corrected chi connectivity index (χ3v) is 6.79. The molecule has 0 unspecified atom stereocenters. The smallest absolute Gasteiger partial charge is 0.356 e. The van der Waals surface area contributed by atoms with Gasteiger partial charge in [0.05, 0.1) is 5.52 Å². The number of benzene rings is 2. The lowest BCUT2D eigenvalue weighted by molar-refractivity contribution is 0.0681. The minimum absolute atomic E-state index is 0. The molecule has 0 atom stereocenters. The normalized spacial score (nSPS) is 11.1. The summed E-state index contributed by atoms with van der Waals surface area (Å²) in [4.78, 5) is 17.2. The number of hydrogen-bond acceptors (Lipinski definition) is 4. The number of pyridine rings is 1. The minimum atomic E-state index is -1.02. The van der Waals surface area contributed by atoms with E-state index in [0.29, 0.717) is 18.2 Å². The van der Waals surface area contributed by atoms with E-state index in [0.717, 1.165) is 56.5 Å². The van der Waals surface area contributed by atoms with E-state index in [2.05, 4.69) is 45.0 Å². The van der Waals surface area contributed by atoms with E-state index in [1.165, 1.54) is 5.56 Å². The van der Waals surface area contributed by atoms with Crippen LogP contribution in [0, 0.1) is 26.7 Å². The van der Waals surface area contributed by atoms with Gasteiger partial charge in [0.2, 0.25) is 0 Å². The molecule has 0 spiro atoms. The summed E-state index contributed by atoms with van der Waals surface area (Å²) in [5.41, 5.74) is 15.3. The van der Waals surface area contributed by atoms with Crippen molar-refractivity contribution in [3.05, 3.63) is 81.8 Å². The van der Waals surface area contributed by atoms with Crippen LogP contribution in [0.5, 0.6) is 5.75 Å². The number of nitrogens with zero attached hydrogens (tertiary/aromatic N) is 2. The molecule has 0 amide bonds. The summed E-state index contributed by atoms with van der Waals surface area (Å²) in [5.74, 6) is -0.202. The van der Waals surface area contributed by atoms with Gasteiger partial charge in [-0.15, -0.1) is 12.4 Å². The SMILES string of the molecule is Cc1ccc(-c2c(COc3c(C(=O)O)n(C)c4cccc(C)c34)c(C)nc(CC(C)C)c2CN)cc1.Cl. The van der Waals surface area contributed by atoms with Crippen molar-refractivity contribution in [3.63, 3.8) is 0 Å². The fraction of sp³-hybridized carbons (Fsp3) is 0.333. The van der Waals surface area contributed by atoms with Crippen LogP contribution in [0.15, 0.2) is 42.5 Å². The Bertz CT molecular complexity index is 1440. The minimum Gasteiger partial charge on any atom is -0.486 e. The van der Waals surface area contributed by atoms with Gasteiger partial charge in [0.1, 0.15) is 6.61 Å². The van der Waals surface area contributed by atoms with Crippen LogP contribution in [0.25, 0.3) is 22.0 Å². The molecule has 0 aliphatic rings. The summed E-state index contributed by atoms with van der Waals surface area (Å²) in [6, 6.07) is 14.2. The Morgan fingerprint density at radius 3 is 2.35 bits per heavy atom. The van der Waals surface area contributed by atoms with Gasteiger partial charge in [-0.1, -0.05) is 55.8 Å². The molecule has 4 aromatic rings. The van der Waals surface area contributed by atoms with Crippen molar-refractivity contribution >= 4 is 29.3 Å². The number of aryl methyl sites for hydroxylation is 4. The molecule has 0 radical (unpaired) electrons. The molecule has 0 saturated heterocycles. The molecule has 2 heterocycles. The number of carboxylic acids is 1. The second kappa shape index (κ2) is 11.4. The maximum absolute atomic E-state index is 12.2. The van der Waals surface area contributed by atoms with Crippen molar-refractivity contribution in [1.82, 2.24) is 9.55 Å². The summed E-state index contributed by atoms with van der Waals surface area (Å²) >= 11 is 0. The molecular formula is C30H36ClN3O3. The lowest BCUT2D eigenvalue weighted by atomic mass is 9.90. The van der Waals surface area contributed by atoms with Crippen LogP contribution in [-0.2, 0) is 26.6 Å². The Kier molecular flexibility index (Phi) is 8.67. The van der Waals surface area contributed by atoms with Gasteiger partial charge in [-0.3, -0.25) is 4.98 Å². The molecule has 0 aliphatic carbocycles. The molecule has 4 rings (SSSR count). The number of fused-ring (bicyclic) bond motifs is 1. The van der Waals surface area contributed by atoms with Gasteiger partial charge >= 0.3 is 5.97 Å². The maximum Gasteiger partial charge on any atom is 0.356 e. The predicted octanol–water partition coefficient (Wildman–Crippen LogP) is 6.52. The molecule has 37 heavy (non-hydrogen) atoms. The van der Waals surface area contributed by atoms with Crippen molar-refractivity contribution in [2.75, 3.05) is 0 Å². The molecule has 2 aromatic heterocycles. The van der Waals surface area contributed by atoms with Crippen LogP contribution in [0.1, 0.15) is 58.0 Å². The first-order valence-corrected chi connectivity index (χ1v) is 12.4. The average Bonchev–Trinajstić information content (AvgIpc) is 3.11. The second-order valence-corrected chi connectivity index (χ2v) is 9.94. The predicted molar refractivity (Wildman–Crippen MR) is 152 cm³/mol. The Morgan fingerprint density at radius 1 is 1.08 bits per heavy atom. The zero-order chi connectivity index (χ0) is 26.1. The molecule has 3 N–H and O–H groups in total. The Labute approximate surface area is 224 Å². The van der Waals surface area contributed by atoms with Crippen molar-refractivity contribution in [2.45, 2.75) is 54.2 Å². The number of carboxylic acid groups (broad SMARTS) is 1. The van der Waals surface area contributed by atoms with Gasteiger partial charge in [-0.25, -0.2) is 4.79 Å².